The second-order valence-electron chi connectivity index (χ2n) is 4.35. The van der Waals surface area contributed by atoms with E-state index in [1.165, 1.54) is 0 Å². The number of cyclic esters (lactones) is 1. The Morgan fingerprint density at radius 2 is 2.08 bits per heavy atom. The average molecular weight is 184 g/mol. The van der Waals surface area contributed by atoms with Gasteiger partial charge in [0.05, 0.1) is 24.7 Å². The molecule has 1 aliphatic heterocycles. The van der Waals surface area contributed by atoms with Gasteiger partial charge in [0.15, 0.2) is 0 Å². The van der Waals surface area contributed by atoms with Crippen LogP contribution in [0.25, 0.3) is 0 Å². The highest BCUT2D eigenvalue weighted by molar-refractivity contribution is 5.76. The van der Waals surface area contributed by atoms with Crippen LogP contribution in [0.5, 0.6) is 0 Å². The van der Waals surface area contributed by atoms with E-state index >= 15 is 0 Å². The quantitative estimate of drug-likeness (QED) is 0.481. The molecule has 0 aromatic heterocycles. The summed E-state index contributed by atoms with van der Waals surface area (Å²) >= 11 is 0. The van der Waals surface area contributed by atoms with Gasteiger partial charge < -0.3 is 14.9 Å². The van der Waals surface area contributed by atoms with Crippen molar-refractivity contribution in [1.29, 1.82) is 0 Å². The van der Waals surface area contributed by atoms with Gasteiger partial charge in [0, 0.05) is 17.8 Å². The van der Waals surface area contributed by atoms with Gasteiger partial charge in [0.2, 0.25) is 0 Å². The van der Waals surface area contributed by atoms with E-state index in [4.69, 9.17) is 4.74 Å². The van der Waals surface area contributed by atoms with Gasteiger partial charge in [-0.2, -0.15) is 0 Å². The van der Waals surface area contributed by atoms with Crippen LogP contribution in [0.2, 0.25) is 0 Å². The van der Waals surface area contributed by atoms with Crippen LogP contribution in [-0.4, -0.2) is 35.0 Å². The standard InChI is InChI=1S/C9H12O4/c10-5-1-3-6-4(2-13-9(6)12)7(5)8(3)11/h3-8,10-11H,1-2H2/t3-,4+,5+,6-,7+,8-/m1/s1. The topological polar surface area (TPSA) is 66.8 Å². The van der Waals surface area contributed by atoms with Crippen molar-refractivity contribution in [2.45, 2.75) is 18.6 Å². The third kappa shape index (κ3) is 0.758. The molecule has 0 spiro atoms. The summed E-state index contributed by atoms with van der Waals surface area (Å²) in [6.45, 7) is 0.388. The van der Waals surface area contributed by atoms with Crippen molar-refractivity contribution in [2.24, 2.45) is 23.7 Å². The number of aliphatic hydroxyl groups is 2. The summed E-state index contributed by atoms with van der Waals surface area (Å²) in [6.07, 6.45) is -0.365. The summed E-state index contributed by atoms with van der Waals surface area (Å²) < 4.78 is 4.94. The molecule has 13 heavy (non-hydrogen) atoms. The van der Waals surface area contributed by atoms with E-state index in [9.17, 15) is 15.0 Å². The Labute approximate surface area is 75.5 Å². The van der Waals surface area contributed by atoms with Crippen LogP contribution in [0.3, 0.4) is 0 Å². The van der Waals surface area contributed by atoms with Gasteiger partial charge in [0.25, 0.3) is 0 Å². The highest BCUT2D eigenvalue weighted by atomic mass is 16.5. The first kappa shape index (κ1) is 7.76. The molecule has 0 aromatic rings. The molecular weight excluding hydrogens is 172 g/mol. The number of aliphatic hydroxyl groups excluding tert-OH is 2. The molecule has 1 heterocycles. The number of esters is 1. The Balaban J connectivity index is 1.98. The molecule has 2 bridgehead atoms. The molecule has 4 nitrogen and oxygen atoms in total. The van der Waals surface area contributed by atoms with Gasteiger partial charge in [-0.15, -0.1) is 0 Å². The van der Waals surface area contributed by atoms with Crippen molar-refractivity contribution in [2.75, 3.05) is 6.61 Å². The van der Waals surface area contributed by atoms with Crippen molar-refractivity contribution < 1.29 is 19.7 Å². The Hall–Kier alpha value is -0.610. The second-order valence-corrected chi connectivity index (χ2v) is 4.35. The van der Waals surface area contributed by atoms with Gasteiger partial charge in [-0.05, 0) is 6.42 Å². The van der Waals surface area contributed by atoms with Crippen molar-refractivity contribution in [3.05, 3.63) is 0 Å². The largest absolute Gasteiger partial charge is 0.465 e. The van der Waals surface area contributed by atoms with Gasteiger partial charge >= 0.3 is 5.97 Å². The zero-order valence-electron chi connectivity index (χ0n) is 7.09. The normalized spacial score (nSPS) is 58.2. The second kappa shape index (κ2) is 2.25. The number of ether oxygens (including phenoxy) is 1. The maximum absolute atomic E-state index is 11.3. The van der Waals surface area contributed by atoms with E-state index in [2.05, 4.69) is 0 Å². The Morgan fingerprint density at radius 1 is 1.31 bits per heavy atom. The van der Waals surface area contributed by atoms with Crippen LogP contribution < -0.4 is 0 Å². The van der Waals surface area contributed by atoms with Crippen molar-refractivity contribution >= 4 is 5.97 Å². The van der Waals surface area contributed by atoms with Gasteiger partial charge in [0.1, 0.15) is 0 Å². The van der Waals surface area contributed by atoms with Gasteiger partial charge in [-0.25, -0.2) is 0 Å². The summed E-state index contributed by atoms with van der Waals surface area (Å²) in [5.41, 5.74) is 0. The van der Waals surface area contributed by atoms with E-state index in [1.54, 1.807) is 0 Å². The predicted molar refractivity (Wildman–Crippen MR) is 41.5 cm³/mol. The third-order valence-electron chi connectivity index (χ3n) is 3.90. The molecule has 2 saturated carbocycles. The fourth-order valence-electron chi connectivity index (χ4n) is 3.38. The predicted octanol–water partition coefficient (Wildman–Crippen LogP) is -0.853. The van der Waals surface area contributed by atoms with Crippen molar-refractivity contribution in [3.63, 3.8) is 0 Å². The maximum Gasteiger partial charge on any atom is 0.309 e. The molecule has 6 atom stereocenters. The SMILES string of the molecule is O=C1OC[C@H]2[C@H]1[C@H]1C[C@H](O)[C@H]2[C@@H]1O. The average Bonchev–Trinajstić information content (AvgIpc) is 2.64. The first-order valence-corrected chi connectivity index (χ1v) is 4.73. The number of rotatable bonds is 0. The lowest BCUT2D eigenvalue weighted by molar-refractivity contribution is -0.143. The van der Waals surface area contributed by atoms with Crippen molar-refractivity contribution in [3.8, 4) is 0 Å². The molecule has 2 N–H and O–H groups in total. The molecule has 3 fully saturated rings. The van der Waals surface area contributed by atoms with Gasteiger partial charge in [-0.3, -0.25) is 4.79 Å². The van der Waals surface area contributed by atoms with Crippen LogP contribution in [0.1, 0.15) is 6.42 Å². The summed E-state index contributed by atoms with van der Waals surface area (Å²) in [6, 6.07) is 0. The van der Waals surface area contributed by atoms with E-state index in [1.807, 2.05) is 0 Å². The summed E-state index contributed by atoms with van der Waals surface area (Å²) in [5, 5.41) is 19.4. The molecule has 0 amide bonds. The molecule has 4 heteroatoms. The number of fused-ring (bicyclic) bond motifs is 5. The Kier molecular flexibility index (Phi) is 1.34. The minimum atomic E-state index is -0.488. The van der Waals surface area contributed by atoms with E-state index in [0.717, 1.165) is 0 Å². The Morgan fingerprint density at radius 3 is 2.85 bits per heavy atom. The maximum atomic E-state index is 11.3. The van der Waals surface area contributed by atoms with E-state index < -0.39 is 12.2 Å². The molecule has 2 aliphatic carbocycles. The smallest absolute Gasteiger partial charge is 0.309 e. The van der Waals surface area contributed by atoms with E-state index in [0.29, 0.717) is 13.0 Å². The lowest BCUT2D eigenvalue weighted by atomic mass is 9.80. The zero-order chi connectivity index (χ0) is 9.16. The van der Waals surface area contributed by atoms with E-state index in [-0.39, 0.29) is 29.6 Å². The molecule has 3 rings (SSSR count). The minimum absolute atomic E-state index is 0.0556. The number of hydrogen-bond donors (Lipinski definition) is 2. The zero-order valence-corrected chi connectivity index (χ0v) is 7.09. The highest BCUT2D eigenvalue weighted by Gasteiger charge is 2.63. The van der Waals surface area contributed by atoms with Crippen LogP contribution in [0, 0.1) is 23.7 Å². The molecule has 3 aliphatic rings. The van der Waals surface area contributed by atoms with Crippen LogP contribution in [0.4, 0.5) is 0 Å². The van der Waals surface area contributed by atoms with Crippen LogP contribution in [0.15, 0.2) is 0 Å². The first-order chi connectivity index (χ1) is 6.20. The summed E-state index contributed by atoms with van der Waals surface area (Å²) in [4.78, 5) is 11.3. The molecule has 72 valence electrons. The van der Waals surface area contributed by atoms with Crippen LogP contribution >= 0.6 is 0 Å². The number of hydrogen-bond acceptors (Lipinski definition) is 4. The molecular formula is C9H12O4. The highest BCUT2D eigenvalue weighted by Crippen LogP contribution is 2.55. The van der Waals surface area contributed by atoms with Crippen molar-refractivity contribution in [1.82, 2.24) is 0 Å². The lowest BCUT2D eigenvalue weighted by Crippen LogP contribution is -2.31. The lowest BCUT2D eigenvalue weighted by Gasteiger charge is -2.23. The summed E-state index contributed by atoms with van der Waals surface area (Å²) in [5.74, 6) is -0.426. The molecule has 1 saturated heterocycles. The third-order valence-corrected chi connectivity index (χ3v) is 3.90. The van der Waals surface area contributed by atoms with Gasteiger partial charge in [-0.1, -0.05) is 0 Å². The minimum Gasteiger partial charge on any atom is -0.465 e. The summed E-state index contributed by atoms with van der Waals surface area (Å²) in [7, 11) is 0. The first-order valence-electron chi connectivity index (χ1n) is 4.73. The molecule has 0 aromatic carbocycles. The number of carbonyl (C=O) groups is 1. The fraction of sp³-hybridized carbons (Fsp3) is 0.889. The monoisotopic (exact) mass is 184 g/mol. The molecule has 0 unspecified atom stereocenters. The molecule has 0 radical (unpaired) electrons. The Bertz CT molecular complexity index is 262. The van der Waals surface area contributed by atoms with Crippen LogP contribution in [-0.2, 0) is 9.53 Å². The fourth-order valence-corrected chi connectivity index (χ4v) is 3.38. The number of carbonyl (C=O) groups excluding carboxylic acids is 1.